The Morgan fingerprint density at radius 1 is 1.12 bits per heavy atom. The number of nitrogens with one attached hydrogen (secondary N) is 1. The number of amides is 1. The zero-order chi connectivity index (χ0) is 19.1. The van der Waals surface area contributed by atoms with Gasteiger partial charge in [-0.25, -0.2) is 0 Å². The Morgan fingerprint density at radius 3 is 2.54 bits per heavy atom. The van der Waals surface area contributed by atoms with Crippen molar-refractivity contribution >= 4 is 35.1 Å². The van der Waals surface area contributed by atoms with Crippen LogP contribution in [0.15, 0.2) is 42.5 Å². The zero-order valence-electron chi connectivity index (χ0n) is 14.4. The largest absolute Gasteiger partial charge is 0.497 e. The smallest absolute Gasteiger partial charge is 0.308 e. The molecule has 0 aliphatic rings. The second-order valence-corrected chi connectivity index (χ2v) is 6.26. The molecule has 0 aromatic heterocycles. The fourth-order valence-corrected chi connectivity index (χ4v) is 2.67. The Balaban J connectivity index is 2.25. The summed E-state index contributed by atoms with van der Waals surface area (Å²) in [7, 11) is 1.55. The van der Waals surface area contributed by atoms with Crippen LogP contribution in [-0.4, -0.2) is 25.6 Å². The normalized spacial score (nSPS) is 11.5. The van der Waals surface area contributed by atoms with E-state index in [1.54, 1.807) is 44.4 Å². The minimum absolute atomic E-state index is 0.00588. The molecule has 2 rings (SSSR count). The maximum Gasteiger partial charge on any atom is 0.308 e. The van der Waals surface area contributed by atoms with Gasteiger partial charge < -0.3 is 14.8 Å². The number of hydrogen-bond acceptors (Lipinski definition) is 4. The van der Waals surface area contributed by atoms with Crippen molar-refractivity contribution in [3.63, 3.8) is 0 Å². The molecule has 1 amide bonds. The van der Waals surface area contributed by atoms with Gasteiger partial charge in [0.2, 0.25) is 0 Å². The van der Waals surface area contributed by atoms with E-state index in [2.05, 4.69) is 5.32 Å². The molecule has 7 heteroatoms. The lowest BCUT2D eigenvalue weighted by Gasteiger charge is -2.19. The lowest BCUT2D eigenvalue weighted by Crippen LogP contribution is -2.30. The van der Waals surface area contributed by atoms with Crippen LogP contribution in [0.4, 0.5) is 0 Å². The van der Waals surface area contributed by atoms with Crippen molar-refractivity contribution in [3.05, 3.63) is 63.6 Å². The van der Waals surface area contributed by atoms with E-state index in [9.17, 15) is 9.59 Å². The van der Waals surface area contributed by atoms with E-state index >= 15 is 0 Å². The third kappa shape index (κ3) is 5.38. The third-order valence-electron chi connectivity index (χ3n) is 3.66. The summed E-state index contributed by atoms with van der Waals surface area (Å²) < 4.78 is 10.2. The molecule has 0 aliphatic heterocycles. The van der Waals surface area contributed by atoms with Crippen LogP contribution in [0.25, 0.3) is 0 Å². The summed E-state index contributed by atoms with van der Waals surface area (Å²) in [5.74, 6) is -0.157. The molecule has 0 fully saturated rings. The molecule has 0 bridgehead atoms. The maximum absolute atomic E-state index is 12.6. The molecule has 0 heterocycles. The monoisotopic (exact) mass is 395 g/mol. The van der Waals surface area contributed by atoms with Gasteiger partial charge in [0.1, 0.15) is 5.75 Å². The Bertz CT molecular complexity index is 795. The fourth-order valence-electron chi connectivity index (χ4n) is 2.38. The van der Waals surface area contributed by atoms with Crippen LogP contribution in [0, 0.1) is 0 Å². The third-order valence-corrected chi connectivity index (χ3v) is 4.40. The molecular formula is C19H19Cl2NO4. The maximum atomic E-state index is 12.6. The molecule has 0 saturated carbocycles. The van der Waals surface area contributed by atoms with Crippen LogP contribution in [0.3, 0.4) is 0 Å². The van der Waals surface area contributed by atoms with Gasteiger partial charge in [0.15, 0.2) is 0 Å². The van der Waals surface area contributed by atoms with Gasteiger partial charge in [-0.1, -0.05) is 35.3 Å². The van der Waals surface area contributed by atoms with Crippen molar-refractivity contribution in [2.45, 2.75) is 19.4 Å². The fraction of sp³-hybridized carbons (Fsp3) is 0.263. The van der Waals surface area contributed by atoms with Gasteiger partial charge in [0.25, 0.3) is 5.91 Å². The summed E-state index contributed by atoms with van der Waals surface area (Å²) >= 11 is 11.9. The number of ether oxygens (including phenoxy) is 2. The molecule has 1 N–H and O–H groups in total. The van der Waals surface area contributed by atoms with Crippen LogP contribution >= 0.6 is 23.2 Å². The van der Waals surface area contributed by atoms with Gasteiger partial charge >= 0.3 is 5.97 Å². The molecule has 138 valence electrons. The highest BCUT2D eigenvalue weighted by Crippen LogP contribution is 2.25. The van der Waals surface area contributed by atoms with E-state index in [4.69, 9.17) is 32.7 Å². The predicted molar refractivity (Wildman–Crippen MR) is 101 cm³/mol. The average molecular weight is 396 g/mol. The summed E-state index contributed by atoms with van der Waals surface area (Å²) in [5.41, 5.74) is 1.07. The Hall–Kier alpha value is -2.24. The number of carbonyl (C=O) groups is 2. The van der Waals surface area contributed by atoms with Crippen molar-refractivity contribution in [3.8, 4) is 5.75 Å². The van der Waals surface area contributed by atoms with Crippen molar-refractivity contribution in [2.75, 3.05) is 13.7 Å². The summed E-state index contributed by atoms with van der Waals surface area (Å²) in [6.45, 7) is 2.00. The number of esters is 1. The first-order valence-electron chi connectivity index (χ1n) is 8.00. The highest BCUT2D eigenvalue weighted by atomic mass is 35.5. The summed E-state index contributed by atoms with van der Waals surface area (Å²) in [6.07, 6.45) is -0.00588. The molecular weight excluding hydrogens is 377 g/mol. The van der Waals surface area contributed by atoms with Gasteiger partial charge in [-0.15, -0.1) is 0 Å². The molecule has 0 saturated heterocycles. The second kappa shape index (κ2) is 9.46. The molecule has 2 aromatic carbocycles. The summed E-state index contributed by atoms with van der Waals surface area (Å²) in [6, 6.07) is 11.2. The van der Waals surface area contributed by atoms with Crippen LogP contribution in [0.2, 0.25) is 10.0 Å². The molecule has 2 aromatic rings. The minimum atomic E-state index is -0.578. The first-order valence-corrected chi connectivity index (χ1v) is 8.75. The Labute approximate surface area is 162 Å². The number of benzene rings is 2. The molecule has 26 heavy (non-hydrogen) atoms. The molecule has 0 aliphatic carbocycles. The van der Waals surface area contributed by atoms with Gasteiger partial charge in [-0.3, -0.25) is 9.59 Å². The Kier molecular flexibility index (Phi) is 7.30. The summed E-state index contributed by atoms with van der Waals surface area (Å²) in [5, 5.41) is 3.48. The number of hydrogen-bond donors (Lipinski definition) is 1. The van der Waals surface area contributed by atoms with E-state index in [1.807, 2.05) is 6.07 Å². The SMILES string of the molecule is CCOC(=O)CC(NC(=O)c1ccc(Cl)c(Cl)c1)c1cccc(OC)c1. The number of rotatable bonds is 7. The molecule has 0 spiro atoms. The number of halogens is 2. The lowest BCUT2D eigenvalue weighted by molar-refractivity contribution is -0.143. The van der Waals surface area contributed by atoms with Crippen molar-refractivity contribution < 1.29 is 19.1 Å². The van der Waals surface area contributed by atoms with Crippen LogP contribution in [0.5, 0.6) is 5.75 Å². The van der Waals surface area contributed by atoms with Crippen molar-refractivity contribution in [1.82, 2.24) is 5.32 Å². The van der Waals surface area contributed by atoms with Crippen molar-refractivity contribution in [2.24, 2.45) is 0 Å². The van der Waals surface area contributed by atoms with E-state index in [0.717, 1.165) is 5.56 Å². The van der Waals surface area contributed by atoms with E-state index in [-0.39, 0.29) is 24.0 Å². The standard InChI is InChI=1S/C19H19Cl2NO4/c1-3-26-18(23)11-17(12-5-4-6-14(9-12)25-2)22-19(24)13-7-8-15(20)16(21)10-13/h4-10,17H,3,11H2,1-2H3,(H,22,24). The van der Waals surface area contributed by atoms with Crippen molar-refractivity contribution in [1.29, 1.82) is 0 Å². The highest BCUT2D eigenvalue weighted by Gasteiger charge is 2.21. The van der Waals surface area contributed by atoms with Gasteiger partial charge in [-0.2, -0.15) is 0 Å². The number of carbonyl (C=O) groups excluding carboxylic acids is 2. The van der Waals surface area contributed by atoms with Crippen LogP contribution < -0.4 is 10.1 Å². The van der Waals surface area contributed by atoms with Crippen LogP contribution in [0.1, 0.15) is 35.3 Å². The quantitative estimate of drug-likeness (QED) is 0.704. The Morgan fingerprint density at radius 2 is 1.88 bits per heavy atom. The minimum Gasteiger partial charge on any atom is -0.497 e. The first kappa shape index (κ1) is 20.1. The van der Waals surface area contributed by atoms with Gasteiger partial charge in [0.05, 0.1) is 36.2 Å². The van der Waals surface area contributed by atoms with E-state index < -0.39 is 12.0 Å². The molecule has 5 nitrogen and oxygen atoms in total. The van der Waals surface area contributed by atoms with Gasteiger partial charge in [0, 0.05) is 5.56 Å². The molecule has 1 atom stereocenters. The molecule has 1 unspecified atom stereocenters. The van der Waals surface area contributed by atoms with Gasteiger partial charge in [-0.05, 0) is 42.8 Å². The summed E-state index contributed by atoms with van der Waals surface area (Å²) in [4.78, 5) is 24.5. The highest BCUT2D eigenvalue weighted by molar-refractivity contribution is 6.42. The first-order chi connectivity index (χ1) is 12.4. The van der Waals surface area contributed by atoms with Crippen LogP contribution in [-0.2, 0) is 9.53 Å². The second-order valence-electron chi connectivity index (χ2n) is 5.44. The number of methoxy groups -OCH3 is 1. The molecule has 0 radical (unpaired) electrons. The van der Waals surface area contributed by atoms with E-state index in [0.29, 0.717) is 16.3 Å². The zero-order valence-corrected chi connectivity index (χ0v) is 15.9. The predicted octanol–water partition coefficient (Wildman–Crippen LogP) is 4.43. The lowest BCUT2D eigenvalue weighted by atomic mass is 10.0. The topological polar surface area (TPSA) is 64.6 Å². The van der Waals surface area contributed by atoms with E-state index in [1.165, 1.54) is 6.07 Å². The average Bonchev–Trinajstić information content (AvgIpc) is 2.63.